The van der Waals surface area contributed by atoms with Gasteiger partial charge in [0, 0.05) is 27.3 Å². The van der Waals surface area contributed by atoms with E-state index in [1.54, 1.807) is 14.2 Å². The second kappa shape index (κ2) is 10.0. The fourth-order valence-electron chi connectivity index (χ4n) is 1.07. The molecule has 0 saturated heterocycles. The Labute approximate surface area is 102 Å². The number of ether oxygens (including phenoxy) is 2. The average Bonchev–Trinajstić information content (AvgIpc) is 2.29. The number of likely N-dealkylation sites (N-methyl/N-ethyl adjacent to an activating group) is 1. The number of nitrogens with zero attached hydrogens (tertiary/aromatic N) is 1. The van der Waals surface area contributed by atoms with Crippen LogP contribution in [0, 0.1) is 0 Å². The second-order valence-electron chi connectivity index (χ2n) is 3.65. The van der Waals surface area contributed by atoms with Crippen LogP contribution in [0.5, 0.6) is 0 Å². The first kappa shape index (κ1) is 15.9. The summed E-state index contributed by atoms with van der Waals surface area (Å²) < 4.78 is 9.90. The molecule has 100 valence electrons. The SMILES string of the molecule is CCCOCC(=O)N(C)CC(=O)NCCOC. The number of hydrogen-bond donors (Lipinski definition) is 1. The van der Waals surface area contributed by atoms with E-state index in [1.165, 1.54) is 4.90 Å². The molecule has 0 aromatic carbocycles. The molecule has 6 nitrogen and oxygen atoms in total. The highest BCUT2D eigenvalue weighted by atomic mass is 16.5. The lowest BCUT2D eigenvalue weighted by molar-refractivity contribution is -0.138. The zero-order valence-electron chi connectivity index (χ0n) is 10.8. The summed E-state index contributed by atoms with van der Waals surface area (Å²) in [6, 6.07) is 0. The van der Waals surface area contributed by atoms with E-state index in [1.807, 2.05) is 6.92 Å². The van der Waals surface area contributed by atoms with Crippen molar-refractivity contribution in [2.45, 2.75) is 13.3 Å². The first-order chi connectivity index (χ1) is 8.11. The van der Waals surface area contributed by atoms with Gasteiger partial charge in [-0.1, -0.05) is 6.92 Å². The quantitative estimate of drug-likeness (QED) is 0.564. The van der Waals surface area contributed by atoms with E-state index in [9.17, 15) is 9.59 Å². The van der Waals surface area contributed by atoms with Gasteiger partial charge in [0.1, 0.15) is 6.61 Å². The first-order valence-corrected chi connectivity index (χ1v) is 5.69. The lowest BCUT2D eigenvalue weighted by atomic mass is 10.4. The maximum absolute atomic E-state index is 11.5. The van der Waals surface area contributed by atoms with E-state index < -0.39 is 0 Å². The molecule has 0 aliphatic rings. The fraction of sp³-hybridized carbons (Fsp3) is 0.818. The molecule has 1 N–H and O–H groups in total. The molecule has 0 unspecified atom stereocenters. The van der Waals surface area contributed by atoms with Gasteiger partial charge < -0.3 is 19.7 Å². The molecule has 0 aliphatic heterocycles. The molecule has 17 heavy (non-hydrogen) atoms. The largest absolute Gasteiger partial charge is 0.383 e. The van der Waals surface area contributed by atoms with Crippen molar-refractivity contribution in [3.05, 3.63) is 0 Å². The second-order valence-corrected chi connectivity index (χ2v) is 3.65. The van der Waals surface area contributed by atoms with Crippen LogP contribution in [0.25, 0.3) is 0 Å². The summed E-state index contributed by atoms with van der Waals surface area (Å²) in [5.74, 6) is -0.395. The lowest BCUT2D eigenvalue weighted by Gasteiger charge is -2.16. The van der Waals surface area contributed by atoms with Gasteiger partial charge in [-0.25, -0.2) is 0 Å². The maximum atomic E-state index is 11.5. The minimum atomic E-state index is -0.201. The molecular formula is C11H22N2O4. The van der Waals surface area contributed by atoms with Crippen molar-refractivity contribution < 1.29 is 19.1 Å². The molecule has 0 radical (unpaired) electrons. The third kappa shape index (κ3) is 8.65. The van der Waals surface area contributed by atoms with Gasteiger partial charge in [-0.15, -0.1) is 0 Å². The van der Waals surface area contributed by atoms with Crippen LogP contribution in [0.15, 0.2) is 0 Å². The number of rotatable bonds is 9. The number of carbonyl (C=O) groups excluding carboxylic acids is 2. The van der Waals surface area contributed by atoms with Gasteiger partial charge in [-0.05, 0) is 6.42 Å². The third-order valence-electron chi connectivity index (χ3n) is 2.01. The molecule has 0 bridgehead atoms. The predicted octanol–water partition coefficient (Wildman–Crippen LogP) is -0.366. The zero-order chi connectivity index (χ0) is 13.1. The predicted molar refractivity (Wildman–Crippen MR) is 63.6 cm³/mol. The van der Waals surface area contributed by atoms with Gasteiger partial charge in [0.15, 0.2) is 0 Å². The van der Waals surface area contributed by atoms with E-state index in [-0.39, 0.29) is 25.0 Å². The Kier molecular flexibility index (Phi) is 9.37. The average molecular weight is 246 g/mol. The summed E-state index contributed by atoms with van der Waals surface area (Å²) in [4.78, 5) is 24.2. The van der Waals surface area contributed by atoms with Crippen LogP contribution in [0.2, 0.25) is 0 Å². The van der Waals surface area contributed by atoms with Crippen LogP contribution in [-0.4, -0.2) is 63.8 Å². The Hall–Kier alpha value is -1.14. The number of methoxy groups -OCH3 is 1. The summed E-state index contributed by atoms with van der Waals surface area (Å²) in [6.07, 6.45) is 0.870. The van der Waals surface area contributed by atoms with Crippen LogP contribution < -0.4 is 5.32 Å². The highest BCUT2D eigenvalue weighted by molar-refractivity contribution is 5.85. The van der Waals surface area contributed by atoms with Crippen molar-refractivity contribution in [1.29, 1.82) is 0 Å². The zero-order valence-corrected chi connectivity index (χ0v) is 10.8. The topological polar surface area (TPSA) is 67.9 Å². The molecule has 6 heteroatoms. The monoisotopic (exact) mass is 246 g/mol. The van der Waals surface area contributed by atoms with Crippen LogP contribution in [-0.2, 0) is 19.1 Å². The van der Waals surface area contributed by atoms with E-state index in [0.29, 0.717) is 19.8 Å². The molecular weight excluding hydrogens is 224 g/mol. The molecule has 0 rings (SSSR count). The minimum absolute atomic E-state index is 0.0235. The minimum Gasteiger partial charge on any atom is -0.383 e. The van der Waals surface area contributed by atoms with Gasteiger partial charge in [0.2, 0.25) is 11.8 Å². The highest BCUT2D eigenvalue weighted by Crippen LogP contribution is 1.88. The smallest absolute Gasteiger partial charge is 0.248 e. The Bertz CT molecular complexity index is 234. The normalized spacial score (nSPS) is 10.1. The van der Waals surface area contributed by atoms with Crippen molar-refractivity contribution >= 4 is 11.8 Å². The van der Waals surface area contributed by atoms with Crippen LogP contribution >= 0.6 is 0 Å². The van der Waals surface area contributed by atoms with E-state index in [0.717, 1.165) is 6.42 Å². The van der Waals surface area contributed by atoms with Gasteiger partial charge in [0.05, 0.1) is 13.2 Å². The number of amides is 2. The summed E-state index contributed by atoms with van der Waals surface area (Å²) in [7, 11) is 3.14. The van der Waals surface area contributed by atoms with Gasteiger partial charge in [-0.2, -0.15) is 0 Å². The molecule has 0 spiro atoms. The molecule has 0 saturated carbocycles. The number of carbonyl (C=O) groups is 2. The van der Waals surface area contributed by atoms with E-state index in [4.69, 9.17) is 9.47 Å². The van der Waals surface area contributed by atoms with Crippen molar-refractivity contribution in [3.8, 4) is 0 Å². The van der Waals surface area contributed by atoms with Crippen molar-refractivity contribution in [2.24, 2.45) is 0 Å². The van der Waals surface area contributed by atoms with Crippen LogP contribution in [0.4, 0.5) is 0 Å². The summed E-state index contributed by atoms with van der Waals surface area (Å²) >= 11 is 0. The molecule has 0 aliphatic carbocycles. The van der Waals surface area contributed by atoms with Crippen LogP contribution in [0.3, 0.4) is 0 Å². The fourth-order valence-corrected chi connectivity index (χ4v) is 1.07. The third-order valence-corrected chi connectivity index (χ3v) is 2.01. The molecule has 2 amide bonds. The summed E-state index contributed by atoms with van der Waals surface area (Å²) in [5, 5.41) is 2.64. The van der Waals surface area contributed by atoms with Crippen molar-refractivity contribution in [3.63, 3.8) is 0 Å². The Morgan fingerprint density at radius 2 is 2.00 bits per heavy atom. The molecule has 0 aromatic heterocycles. The van der Waals surface area contributed by atoms with E-state index in [2.05, 4.69) is 5.32 Å². The molecule has 0 aromatic rings. The molecule has 0 fully saturated rings. The van der Waals surface area contributed by atoms with E-state index >= 15 is 0 Å². The van der Waals surface area contributed by atoms with Crippen LogP contribution in [0.1, 0.15) is 13.3 Å². The summed E-state index contributed by atoms with van der Waals surface area (Å²) in [5.41, 5.74) is 0. The van der Waals surface area contributed by atoms with Gasteiger partial charge in [0.25, 0.3) is 0 Å². The maximum Gasteiger partial charge on any atom is 0.248 e. The molecule has 0 atom stereocenters. The number of hydrogen-bond acceptors (Lipinski definition) is 4. The van der Waals surface area contributed by atoms with Gasteiger partial charge in [-0.3, -0.25) is 9.59 Å². The van der Waals surface area contributed by atoms with Crippen molar-refractivity contribution in [2.75, 3.05) is 47.1 Å². The lowest BCUT2D eigenvalue weighted by Crippen LogP contribution is -2.40. The number of nitrogens with one attached hydrogen (secondary N) is 1. The Morgan fingerprint density at radius 3 is 2.59 bits per heavy atom. The highest BCUT2D eigenvalue weighted by Gasteiger charge is 2.12. The Morgan fingerprint density at radius 1 is 1.29 bits per heavy atom. The molecule has 0 heterocycles. The standard InChI is InChI=1S/C11H22N2O4/c1-4-6-17-9-11(15)13(2)8-10(14)12-5-7-16-3/h4-9H2,1-3H3,(H,12,14). The van der Waals surface area contributed by atoms with Gasteiger partial charge >= 0.3 is 0 Å². The first-order valence-electron chi connectivity index (χ1n) is 5.69. The summed E-state index contributed by atoms with van der Waals surface area (Å²) in [6.45, 7) is 3.50. The van der Waals surface area contributed by atoms with Crippen molar-refractivity contribution in [1.82, 2.24) is 10.2 Å². The Balaban J connectivity index is 3.71.